The van der Waals surface area contributed by atoms with E-state index in [2.05, 4.69) is 53.7 Å². The third-order valence-electron chi connectivity index (χ3n) is 6.58. The third-order valence-corrected chi connectivity index (χ3v) is 6.58. The van der Waals surface area contributed by atoms with Gasteiger partial charge in [-0.15, -0.1) is 0 Å². The number of pyridine rings is 1. The first-order chi connectivity index (χ1) is 17.2. The number of rotatable bonds is 8. The number of ether oxygens (including phenoxy) is 1. The van der Waals surface area contributed by atoms with Gasteiger partial charge in [0.2, 0.25) is 0 Å². The van der Waals surface area contributed by atoms with E-state index in [0.29, 0.717) is 18.2 Å². The molecule has 6 rings (SSSR count). The summed E-state index contributed by atoms with van der Waals surface area (Å²) in [6, 6.07) is 10.9. The Bertz CT molecular complexity index is 1330. The van der Waals surface area contributed by atoms with Crippen molar-refractivity contribution < 1.29 is 4.74 Å². The zero-order valence-electron chi connectivity index (χ0n) is 19.9. The summed E-state index contributed by atoms with van der Waals surface area (Å²) < 4.78 is 5.69. The molecular weight excluding hydrogens is 440 g/mol. The van der Waals surface area contributed by atoms with Crippen LogP contribution < -0.4 is 15.4 Å². The predicted octanol–water partition coefficient (Wildman–Crippen LogP) is 2.99. The van der Waals surface area contributed by atoms with Crippen LogP contribution in [0, 0.1) is 0 Å². The van der Waals surface area contributed by atoms with Gasteiger partial charge in [0.05, 0.1) is 18.1 Å². The lowest BCUT2D eigenvalue weighted by Crippen LogP contribution is -2.42. The first-order valence-corrected chi connectivity index (χ1v) is 12.3. The fraction of sp³-hybridized carbons (Fsp3) is 0.385. The van der Waals surface area contributed by atoms with Gasteiger partial charge >= 0.3 is 0 Å². The van der Waals surface area contributed by atoms with Crippen LogP contribution in [-0.2, 0) is 13.0 Å². The minimum absolute atomic E-state index is 0.480. The number of piperazine rings is 1. The van der Waals surface area contributed by atoms with Crippen LogP contribution in [0.15, 0.2) is 42.9 Å². The maximum atomic E-state index is 5.69. The number of H-pyrrole nitrogens is 1. The van der Waals surface area contributed by atoms with Gasteiger partial charge in [-0.1, -0.05) is 6.07 Å². The Morgan fingerprint density at radius 2 is 1.97 bits per heavy atom. The van der Waals surface area contributed by atoms with E-state index in [-0.39, 0.29) is 0 Å². The number of imidazole rings is 1. The molecule has 3 aromatic heterocycles. The van der Waals surface area contributed by atoms with Crippen molar-refractivity contribution in [3.05, 3.63) is 59.9 Å². The van der Waals surface area contributed by atoms with Crippen molar-refractivity contribution >= 4 is 16.9 Å². The van der Waals surface area contributed by atoms with Gasteiger partial charge in [-0.25, -0.2) is 15.0 Å². The Morgan fingerprint density at radius 3 is 2.80 bits per heavy atom. The van der Waals surface area contributed by atoms with Crippen LogP contribution in [0.2, 0.25) is 0 Å². The number of hydrogen-bond donors (Lipinski definition) is 3. The Kier molecular flexibility index (Phi) is 6.01. The van der Waals surface area contributed by atoms with Crippen LogP contribution in [0.5, 0.6) is 5.75 Å². The minimum Gasteiger partial charge on any atom is -0.491 e. The topological polar surface area (TPSA) is 104 Å². The van der Waals surface area contributed by atoms with E-state index < -0.39 is 0 Å². The predicted molar refractivity (Wildman–Crippen MR) is 136 cm³/mol. The van der Waals surface area contributed by atoms with Crippen LogP contribution in [0.4, 0.5) is 5.82 Å². The van der Waals surface area contributed by atoms with Gasteiger partial charge in [0.15, 0.2) is 11.6 Å². The molecule has 1 saturated heterocycles. The summed E-state index contributed by atoms with van der Waals surface area (Å²) in [6.45, 7) is 5.23. The smallest absolute Gasteiger partial charge is 0.187 e. The number of hydrogen-bond acceptors (Lipinski definition) is 8. The Morgan fingerprint density at radius 1 is 1.09 bits per heavy atom. The van der Waals surface area contributed by atoms with Crippen molar-refractivity contribution in [2.75, 3.05) is 38.6 Å². The van der Waals surface area contributed by atoms with Gasteiger partial charge in [-0.2, -0.15) is 0 Å². The molecule has 35 heavy (non-hydrogen) atoms. The summed E-state index contributed by atoms with van der Waals surface area (Å²) in [6.07, 6.45) is 6.48. The number of aromatic amines is 1. The standard InChI is InChI=1S/C26H30N8O/c1-35-25-24(29-16-30-26(25)31-19-3-4-19)18-2-5-21-22(13-18)33-23(32-21)14-20-12-17(6-7-28-20)15-34-10-8-27-9-11-34/h2,5-7,12-13,16,19,27H,3-4,8-11,14-15H2,1H3,(H,32,33)(H,29,30,31). The number of benzene rings is 1. The first kappa shape index (κ1) is 21.9. The number of anilines is 1. The highest BCUT2D eigenvalue weighted by molar-refractivity contribution is 5.83. The Labute approximate surface area is 204 Å². The summed E-state index contributed by atoms with van der Waals surface area (Å²) >= 11 is 0. The molecule has 2 fully saturated rings. The minimum atomic E-state index is 0.480. The molecule has 0 atom stereocenters. The molecule has 0 spiro atoms. The molecular formula is C26H30N8O. The van der Waals surface area contributed by atoms with Crippen molar-refractivity contribution in [3.63, 3.8) is 0 Å². The van der Waals surface area contributed by atoms with E-state index in [1.54, 1.807) is 13.4 Å². The van der Waals surface area contributed by atoms with Crippen molar-refractivity contribution in [2.24, 2.45) is 0 Å². The molecule has 2 aliphatic rings. The Balaban J connectivity index is 1.22. The second kappa shape index (κ2) is 9.59. The molecule has 0 radical (unpaired) electrons. The second-order valence-corrected chi connectivity index (χ2v) is 9.30. The molecule has 0 amide bonds. The molecule has 1 aromatic carbocycles. The highest BCUT2D eigenvalue weighted by Crippen LogP contribution is 2.36. The van der Waals surface area contributed by atoms with Gasteiger partial charge in [0, 0.05) is 62.6 Å². The molecule has 0 unspecified atom stereocenters. The molecule has 4 heterocycles. The van der Waals surface area contributed by atoms with Crippen LogP contribution >= 0.6 is 0 Å². The van der Waals surface area contributed by atoms with Crippen LogP contribution in [0.3, 0.4) is 0 Å². The summed E-state index contributed by atoms with van der Waals surface area (Å²) in [5.74, 6) is 2.32. The lowest BCUT2D eigenvalue weighted by Gasteiger charge is -2.27. The number of nitrogens with zero attached hydrogens (tertiary/aromatic N) is 5. The van der Waals surface area contributed by atoms with Crippen molar-refractivity contribution in [3.8, 4) is 17.0 Å². The summed E-state index contributed by atoms with van der Waals surface area (Å²) in [5, 5.41) is 6.84. The van der Waals surface area contributed by atoms with Crippen LogP contribution in [0.1, 0.15) is 29.9 Å². The quantitative estimate of drug-likeness (QED) is 0.361. The SMILES string of the molecule is COc1c(NC2CC2)ncnc1-c1ccc2nc(Cc3cc(CN4CCNCC4)ccn3)[nH]c2c1. The fourth-order valence-corrected chi connectivity index (χ4v) is 4.61. The molecule has 9 heteroatoms. The van der Waals surface area contributed by atoms with E-state index in [4.69, 9.17) is 9.72 Å². The van der Waals surface area contributed by atoms with Crippen LogP contribution in [0.25, 0.3) is 22.3 Å². The fourth-order valence-electron chi connectivity index (χ4n) is 4.61. The zero-order valence-corrected chi connectivity index (χ0v) is 19.9. The van der Waals surface area contributed by atoms with Gasteiger partial charge in [0.1, 0.15) is 17.8 Å². The number of nitrogens with one attached hydrogen (secondary N) is 3. The molecule has 9 nitrogen and oxygen atoms in total. The number of aromatic nitrogens is 5. The maximum absolute atomic E-state index is 5.69. The van der Waals surface area contributed by atoms with Crippen molar-refractivity contribution in [1.29, 1.82) is 0 Å². The lowest BCUT2D eigenvalue weighted by molar-refractivity contribution is 0.233. The number of methoxy groups -OCH3 is 1. The van der Waals surface area contributed by atoms with E-state index >= 15 is 0 Å². The molecule has 3 N–H and O–H groups in total. The molecule has 180 valence electrons. The second-order valence-electron chi connectivity index (χ2n) is 9.30. The van der Waals surface area contributed by atoms with Gasteiger partial charge in [-0.05, 0) is 42.7 Å². The monoisotopic (exact) mass is 470 g/mol. The van der Waals surface area contributed by atoms with Gasteiger partial charge < -0.3 is 20.4 Å². The molecule has 1 saturated carbocycles. The van der Waals surface area contributed by atoms with Gasteiger partial charge in [-0.3, -0.25) is 9.88 Å². The lowest BCUT2D eigenvalue weighted by atomic mass is 10.1. The molecule has 4 aromatic rings. The van der Waals surface area contributed by atoms with Crippen LogP contribution in [-0.4, -0.2) is 69.2 Å². The molecule has 1 aliphatic heterocycles. The summed E-state index contributed by atoms with van der Waals surface area (Å²) in [5.41, 5.74) is 5.93. The third kappa shape index (κ3) is 4.96. The van der Waals surface area contributed by atoms with Crippen molar-refractivity contribution in [2.45, 2.75) is 31.8 Å². The Hall–Kier alpha value is -3.56. The zero-order chi connectivity index (χ0) is 23.6. The summed E-state index contributed by atoms with van der Waals surface area (Å²) in [7, 11) is 1.66. The van der Waals surface area contributed by atoms with Gasteiger partial charge in [0.25, 0.3) is 0 Å². The average Bonchev–Trinajstić information content (AvgIpc) is 3.61. The average molecular weight is 471 g/mol. The van der Waals surface area contributed by atoms with E-state index in [0.717, 1.165) is 72.4 Å². The molecule has 1 aliphatic carbocycles. The number of fused-ring (bicyclic) bond motifs is 1. The van der Waals surface area contributed by atoms with Crippen molar-refractivity contribution in [1.82, 2.24) is 35.1 Å². The highest BCUT2D eigenvalue weighted by Gasteiger charge is 2.24. The largest absolute Gasteiger partial charge is 0.491 e. The van der Waals surface area contributed by atoms with E-state index in [9.17, 15) is 0 Å². The highest BCUT2D eigenvalue weighted by atomic mass is 16.5. The first-order valence-electron chi connectivity index (χ1n) is 12.3. The maximum Gasteiger partial charge on any atom is 0.187 e. The van der Waals surface area contributed by atoms with E-state index in [1.165, 1.54) is 18.4 Å². The molecule has 0 bridgehead atoms. The summed E-state index contributed by atoms with van der Waals surface area (Å²) in [4.78, 5) is 24.3. The normalized spacial score (nSPS) is 16.5. The van der Waals surface area contributed by atoms with E-state index in [1.807, 2.05) is 18.3 Å².